The summed E-state index contributed by atoms with van der Waals surface area (Å²) >= 11 is 1.22. The minimum atomic E-state index is -0.171. The smallest absolute Gasteiger partial charge is 0.251 e. The van der Waals surface area contributed by atoms with Gasteiger partial charge in [-0.3, -0.25) is 9.59 Å². The quantitative estimate of drug-likeness (QED) is 0.143. The number of hydrogen-bond donors (Lipinski definition) is 2. The van der Waals surface area contributed by atoms with E-state index in [9.17, 15) is 9.59 Å². The van der Waals surface area contributed by atoms with E-state index in [1.807, 2.05) is 98.8 Å². The number of rotatable bonds is 10. The van der Waals surface area contributed by atoms with Gasteiger partial charge in [-0.2, -0.15) is 8.75 Å². The van der Waals surface area contributed by atoms with E-state index in [1.54, 1.807) is 0 Å². The third kappa shape index (κ3) is 7.96. The molecular formula is C64H46N4O2S. The largest absolute Gasteiger partial charge is 0.345 e. The van der Waals surface area contributed by atoms with Crippen LogP contribution in [0.5, 0.6) is 0 Å². The van der Waals surface area contributed by atoms with Crippen LogP contribution in [-0.4, -0.2) is 20.6 Å². The second-order valence-corrected chi connectivity index (χ2v) is 18.8. The normalized spacial score (nSPS) is 12.4. The van der Waals surface area contributed by atoms with Crippen molar-refractivity contribution in [2.75, 3.05) is 0 Å². The van der Waals surface area contributed by atoms with Crippen LogP contribution in [0.3, 0.4) is 0 Å². The monoisotopic (exact) mass is 934 g/mol. The molecule has 11 aromatic carbocycles. The molecule has 2 atom stereocenters. The Morgan fingerprint density at radius 3 is 1.14 bits per heavy atom. The molecule has 0 aliphatic heterocycles. The van der Waals surface area contributed by atoms with E-state index in [1.165, 1.54) is 11.7 Å². The fourth-order valence-electron chi connectivity index (χ4n) is 10.5. The molecule has 12 rings (SSSR count). The van der Waals surface area contributed by atoms with Crippen LogP contribution in [0, 0.1) is 0 Å². The Kier molecular flexibility index (Phi) is 11.2. The van der Waals surface area contributed by atoms with Gasteiger partial charge in [-0.1, -0.05) is 194 Å². The fraction of sp³-hybridized carbons (Fsp3) is 0.0625. The molecule has 0 saturated heterocycles. The molecule has 2 N–H and O–H groups in total. The molecule has 0 saturated carbocycles. The molecule has 0 aliphatic carbocycles. The maximum absolute atomic E-state index is 13.6. The zero-order chi connectivity index (χ0) is 48.0. The van der Waals surface area contributed by atoms with Crippen LogP contribution in [0.2, 0.25) is 0 Å². The van der Waals surface area contributed by atoms with Crippen LogP contribution < -0.4 is 10.6 Å². The average molecular weight is 935 g/mol. The SMILES string of the molecule is C[C@@H](NC(=O)c1ccc(-c2cccc3cccc(-c4ccc(-c5cccc6cccc(-c7ccc(C(=O)N[C@H](C)c8cccc9ccccc89)cc7)c56)c5nsnc45)c23)cc1)c1cccc2ccccc12. The van der Waals surface area contributed by atoms with E-state index in [0.29, 0.717) is 11.1 Å². The molecule has 0 fully saturated rings. The van der Waals surface area contributed by atoms with E-state index in [0.717, 1.165) is 110 Å². The molecule has 71 heavy (non-hydrogen) atoms. The zero-order valence-corrected chi connectivity index (χ0v) is 39.9. The summed E-state index contributed by atoms with van der Waals surface area (Å²) in [6, 6.07) is 74.4. The molecule has 1 aromatic heterocycles. The minimum absolute atomic E-state index is 0.117. The summed E-state index contributed by atoms with van der Waals surface area (Å²) in [5, 5.41) is 15.5. The topological polar surface area (TPSA) is 84.0 Å². The second kappa shape index (κ2) is 18.3. The van der Waals surface area contributed by atoms with E-state index < -0.39 is 0 Å². The van der Waals surface area contributed by atoms with Gasteiger partial charge in [0.15, 0.2) is 0 Å². The van der Waals surface area contributed by atoms with Crippen LogP contribution in [0.1, 0.15) is 57.8 Å². The summed E-state index contributed by atoms with van der Waals surface area (Å²) in [5.41, 5.74) is 13.3. The highest BCUT2D eigenvalue weighted by molar-refractivity contribution is 7.00. The predicted octanol–water partition coefficient (Wildman–Crippen LogP) is 16.0. The van der Waals surface area contributed by atoms with Gasteiger partial charge in [-0.25, -0.2) is 0 Å². The number of hydrogen-bond acceptors (Lipinski definition) is 5. The average Bonchev–Trinajstić information content (AvgIpc) is 3.92. The molecule has 12 aromatic rings. The van der Waals surface area contributed by atoms with Crippen molar-refractivity contribution in [3.05, 3.63) is 241 Å². The lowest BCUT2D eigenvalue weighted by molar-refractivity contribution is 0.0931. The molecule has 0 radical (unpaired) electrons. The van der Waals surface area contributed by atoms with Gasteiger partial charge >= 0.3 is 0 Å². The van der Waals surface area contributed by atoms with Crippen molar-refractivity contribution in [1.82, 2.24) is 19.4 Å². The number of nitrogens with zero attached hydrogens (tertiary/aromatic N) is 2. The van der Waals surface area contributed by atoms with E-state index in [-0.39, 0.29) is 23.9 Å². The van der Waals surface area contributed by atoms with Gasteiger partial charge in [0.2, 0.25) is 0 Å². The van der Waals surface area contributed by atoms with Crippen molar-refractivity contribution >= 4 is 77.7 Å². The summed E-state index contributed by atoms with van der Waals surface area (Å²) in [4.78, 5) is 27.3. The third-order valence-electron chi connectivity index (χ3n) is 14.0. The summed E-state index contributed by atoms with van der Waals surface area (Å²) in [5.74, 6) is -0.235. The van der Waals surface area contributed by atoms with Gasteiger partial charge < -0.3 is 10.6 Å². The molecule has 1 heterocycles. The molecule has 7 heteroatoms. The Morgan fingerprint density at radius 2 is 0.718 bits per heavy atom. The standard InChI is InChI=1S/C64H46N4O2S/c1-39(49-23-7-15-41-13-3-5-21-51(41)49)65-63(69)47-33-29-43(30-34-47)53-25-9-17-45-19-11-27-55(59(45)53)57-37-38-58(62-61(57)67-71-68-62)56-28-12-20-46-18-10-26-54(60(46)56)44-31-35-48(36-32-44)64(70)66-40(2)50-24-8-16-42-14-4-6-22-52(42)50/h3-40H,1-2H3,(H,65,69)(H,66,70)/t39-,40-/m1/s1. The van der Waals surface area contributed by atoms with E-state index in [2.05, 4.69) is 144 Å². The van der Waals surface area contributed by atoms with Crippen molar-refractivity contribution in [1.29, 1.82) is 0 Å². The number of nitrogens with one attached hydrogen (secondary N) is 2. The van der Waals surface area contributed by atoms with E-state index >= 15 is 0 Å². The Hall–Kier alpha value is -8.78. The van der Waals surface area contributed by atoms with Crippen LogP contribution in [-0.2, 0) is 0 Å². The summed E-state index contributed by atoms with van der Waals surface area (Å²) < 4.78 is 9.95. The molecule has 0 bridgehead atoms. The molecule has 6 nitrogen and oxygen atoms in total. The highest BCUT2D eigenvalue weighted by atomic mass is 32.1. The van der Waals surface area contributed by atoms with Crippen LogP contribution in [0.15, 0.2) is 218 Å². The molecular weight excluding hydrogens is 889 g/mol. The van der Waals surface area contributed by atoms with Crippen molar-refractivity contribution < 1.29 is 9.59 Å². The van der Waals surface area contributed by atoms with Crippen molar-refractivity contribution in [3.8, 4) is 44.5 Å². The number of carbonyl (C=O) groups is 2. The highest BCUT2D eigenvalue weighted by Gasteiger charge is 2.21. The Bertz CT molecular complexity index is 3750. The predicted molar refractivity (Wildman–Crippen MR) is 294 cm³/mol. The van der Waals surface area contributed by atoms with Crippen LogP contribution >= 0.6 is 11.7 Å². The lowest BCUT2D eigenvalue weighted by Crippen LogP contribution is -2.26. The highest BCUT2D eigenvalue weighted by Crippen LogP contribution is 2.44. The third-order valence-corrected chi connectivity index (χ3v) is 14.5. The number of fused-ring (bicyclic) bond motifs is 5. The summed E-state index contributed by atoms with van der Waals surface area (Å²) in [6.07, 6.45) is 0. The minimum Gasteiger partial charge on any atom is -0.345 e. The van der Waals surface area contributed by atoms with Gasteiger partial charge in [-0.05, 0) is 126 Å². The van der Waals surface area contributed by atoms with E-state index in [4.69, 9.17) is 8.75 Å². The first kappa shape index (κ1) is 43.5. The molecule has 0 unspecified atom stereocenters. The lowest BCUT2D eigenvalue weighted by Gasteiger charge is -2.17. The maximum atomic E-state index is 13.6. The summed E-state index contributed by atoms with van der Waals surface area (Å²) in [6.45, 7) is 4.07. The van der Waals surface area contributed by atoms with Crippen molar-refractivity contribution in [2.24, 2.45) is 0 Å². The molecule has 0 spiro atoms. The lowest BCUT2D eigenvalue weighted by atomic mass is 9.88. The first-order valence-corrected chi connectivity index (χ1v) is 24.7. The Balaban J connectivity index is 0.852. The molecule has 0 aliphatic rings. The maximum Gasteiger partial charge on any atom is 0.251 e. The number of carbonyl (C=O) groups excluding carboxylic acids is 2. The van der Waals surface area contributed by atoms with Crippen molar-refractivity contribution in [2.45, 2.75) is 25.9 Å². The Labute approximate surface area is 415 Å². The fourth-order valence-corrected chi connectivity index (χ4v) is 11.1. The zero-order valence-electron chi connectivity index (χ0n) is 39.1. The van der Waals surface area contributed by atoms with Gasteiger partial charge in [-0.15, -0.1) is 0 Å². The van der Waals surface area contributed by atoms with Gasteiger partial charge in [0.05, 0.1) is 23.8 Å². The molecule has 2 amide bonds. The van der Waals surface area contributed by atoms with Gasteiger partial charge in [0, 0.05) is 22.3 Å². The van der Waals surface area contributed by atoms with Crippen molar-refractivity contribution in [3.63, 3.8) is 0 Å². The first-order valence-electron chi connectivity index (χ1n) is 24.0. The first-order chi connectivity index (χ1) is 34.9. The van der Waals surface area contributed by atoms with Crippen LogP contribution in [0.25, 0.3) is 98.6 Å². The number of benzene rings is 11. The Morgan fingerprint density at radius 1 is 0.366 bits per heavy atom. The summed E-state index contributed by atoms with van der Waals surface area (Å²) in [7, 11) is 0. The number of aromatic nitrogens is 2. The van der Waals surface area contributed by atoms with Gasteiger partial charge in [0.1, 0.15) is 11.0 Å². The van der Waals surface area contributed by atoms with Gasteiger partial charge in [0.25, 0.3) is 11.8 Å². The van der Waals surface area contributed by atoms with Crippen LogP contribution in [0.4, 0.5) is 0 Å². The second-order valence-electron chi connectivity index (χ2n) is 18.2. The molecule has 340 valence electrons. The number of amides is 2.